The Morgan fingerprint density at radius 2 is 1.68 bits per heavy atom. The number of nitrogens with zero attached hydrogens (tertiary/aromatic N) is 2. The molecule has 2 aromatic carbocycles. The van der Waals surface area contributed by atoms with Gasteiger partial charge in [-0.15, -0.1) is 0 Å². The summed E-state index contributed by atoms with van der Waals surface area (Å²) in [5.74, 6) is 1.41. The first kappa shape index (κ1) is 22.9. The molecule has 2 amide bonds. The number of carbonyl (C=O) groups excluding carboxylic acids is 2. The number of ether oxygens (including phenoxy) is 1. The van der Waals surface area contributed by atoms with Crippen LogP contribution < -0.4 is 15.4 Å². The molecule has 0 spiro atoms. The number of hydrogen-bond donors (Lipinski definition) is 2. The smallest absolute Gasteiger partial charge is 0.256 e. The maximum atomic E-state index is 12.6. The molecule has 0 aliphatic carbocycles. The molecule has 0 atom stereocenters. The zero-order valence-corrected chi connectivity index (χ0v) is 19.2. The van der Waals surface area contributed by atoms with Crippen molar-refractivity contribution in [3.63, 3.8) is 0 Å². The lowest BCUT2D eigenvalue weighted by Crippen LogP contribution is -2.13. The highest BCUT2D eigenvalue weighted by Crippen LogP contribution is 2.31. The van der Waals surface area contributed by atoms with Crippen LogP contribution in [-0.4, -0.2) is 21.8 Å². The SMILES string of the molecule is CCCc1ccnc(NC(=O)c2ccc(Oc3ccnc4ccc(NC(=O)CC)cc34)cc2)c1. The first-order chi connectivity index (χ1) is 16.6. The first-order valence-corrected chi connectivity index (χ1v) is 11.3. The Morgan fingerprint density at radius 1 is 0.882 bits per heavy atom. The van der Waals surface area contributed by atoms with Crippen LogP contribution in [-0.2, 0) is 11.2 Å². The average molecular weight is 455 g/mol. The monoisotopic (exact) mass is 454 g/mol. The van der Waals surface area contributed by atoms with Gasteiger partial charge in [0.05, 0.1) is 5.52 Å². The average Bonchev–Trinajstić information content (AvgIpc) is 2.85. The number of nitrogens with one attached hydrogen (secondary N) is 2. The van der Waals surface area contributed by atoms with E-state index in [2.05, 4.69) is 27.5 Å². The number of aryl methyl sites for hydroxylation is 1. The van der Waals surface area contributed by atoms with Gasteiger partial charge in [-0.3, -0.25) is 14.6 Å². The third-order valence-corrected chi connectivity index (χ3v) is 5.26. The summed E-state index contributed by atoms with van der Waals surface area (Å²) in [6.45, 7) is 3.91. The van der Waals surface area contributed by atoms with Gasteiger partial charge in [0.2, 0.25) is 5.91 Å². The molecule has 2 aromatic heterocycles. The fraction of sp³-hybridized carbons (Fsp3) is 0.185. The predicted octanol–water partition coefficient (Wildman–Crippen LogP) is 5.98. The minimum atomic E-state index is -0.238. The maximum absolute atomic E-state index is 12.6. The molecule has 0 saturated heterocycles. The van der Waals surface area contributed by atoms with Crippen LogP contribution in [0.2, 0.25) is 0 Å². The van der Waals surface area contributed by atoms with Gasteiger partial charge in [-0.1, -0.05) is 20.3 Å². The van der Waals surface area contributed by atoms with Gasteiger partial charge in [-0.05, 0) is 72.6 Å². The summed E-state index contributed by atoms with van der Waals surface area (Å²) in [6, 6.07) is 18.0. The quantitative estimate of drug-likeness (QED) is 0.342. The van der Waals surface area contributed by atoms with Crippen molar-refractivity contribution in [2.45, 2.75) is 33.1 Å². The number of pyridine rings is 2. The molecule has 0 unspecified atom stereocenters. The zero-order chi connectivity index (χ0) is 23.9. The summed E-state index contributed by atoms with van der Waals surface area (Å²) < 4.78 is 6.08. The Morgan fingerprint density at radius 3 is 2.44 bits per heavy atom. The van der Waals surface area contributed by atoms with Crippen LogP contribution in [0.15, 0.2) is 73.1 Å². The van der Waals surface area contributed by atoms with E-state index in [9.17, 15) is 9.59 Å². The van der Waals surface area contributed by atoms with E-state index in [4.69, 9.17) is 4.74 Å². The molecule has 0 saturated carbocycles. The molecule has 34 heavy (non-hydrogen) atoms. The standard InChI is InChI=1S/C27H26N4O3/c1-3-5-18-12-14-29-25(16-18)31-27(33)19-6-9-21(10-7-19)34-24-13-15-28-23-11-8-20(17-22(23)24)30-26(32)4-2/h6-17H,3-5H2,1-2H3,(H,30,32)(H,29,31,33). The molecule has 7 heteroatoms. The molecule has 0 aliphatic rings. The molecule has 172 valence electrons. The van der Waals surface area contributed by atoms with E-state index in [1.807, 2.05) is 30.3 Å². The Labute approximate surface area is 198 Å². The van der Waals surface area contributed by atoms with Crippen molar-refractivity contribution in [1.82, 2.24) is 9.97 Å². The third kappa shape index (κ3) is 5.56. The molecular weight excluding hydrogens is 428 g/mol. The predicted molar refractivity (Wildman–Crippen MR) is 133 cm³/mol. The number of aromatic nitrogens is 2. The normalized spacial score (nSPS) is 10.6. The number of anilines is 2. The highest BCUT2D eigenvalue weighted by Gasteiger charge is 2.10. The summed E-state index contributed by atoms with van der Waals surface area (Å²) in [7, 11) is 0. The number of hydrogen-bond acceptors (Lipinski definition) is 5. The van der Waals surface area contributed by atoms with Gasteiger partial charge in [-0.2, -0.15) is 0 Å². The van der Waals surface area contributed by atoms with Gasteiger partial charge < -0.3 is 15.4 Å². The summed E-state index contributed by atoms with van der Waals surface area (Å²) in [6.07, 6.45) is 5.74. The molecule has 2 N–H and O–H groups in total. The van der Waals surface area contributed by atoms with E-state index >= 15 is 0 Å². The van der Waals surface area contributed by atoms with Crippen molar-refractivity contribution in [2.24, 2.45) is 0 Å². The fourth-order valence-electron chi connectivity index (χ4n) is 3.51. The van der Waals surface area contributed by atoms with Crippen molar-refractivity contribution in [3.05, 3.63) is 84.2 Å². The van der Waals surface area contributed by atoms with Crippen LogP contribution in [0.5, 0.6) is 11.5 Å². The molecule has 0 radical (unpaired) electrons. The van der Waals surface area contributed by atoms with Gasteiger partial charge in [0.1, 0.15) is 17.3 Å². The first-order valence-electron chi connectivity index (χ1n) is 11.3. The van der Waals surface area contributed by atoms with Gasteiger partial charge in [0.15, 0.2) is 0 Å². The summed E-state index contributed by atoms with van der Waals surface area (Å²) in [5.41, 5.74) is 3.07. The lowest BCUT2D eigenvalue weighted by molar-refractivity contribution is -0.115. The molecule has 2 heterocycles. The van der Waals surface area contributed by atoms with Crippen LogP contribution in [0.1, 0.15) is 42.6 Å². The maximum Gasteiger partial charge on any atom is 0.256 e. The minimum absolute atomic E-state index is 0.0631. The lowest BCUT2D eigenvalue weighted by Gasteiger charge is -2.11. The Hall–Kier alpha value is -4.26. The minimum Gasteiger partial charge on any atom is -0.457 e. The number of benzene rings is 2. The van der Waals surface area contributed by atoms with Crippen LogP contribution in [0, 0.1) is 0 Å². The zero-order valence-electron chi connectivity index (χ0n) is 19.2. The van der Waals surface area contributed by atoms with Crippen molar-refractivity contribution >= 4 is 34.2 Å². The number of fused-ring (bicyclic) bond motifs is 1. The Balaban J connectivity index is 1.49. The van der Waals surface area contributed by atoms with Crippen LogP contribution in [0.3, 0.4) is 0 Å². The Kier molecular flexibility index (Phi) is 7.13. The van der Waals surface area contributed by atoms with Gasteiger partial charge >= 0.3 is 0 Å². The van der Waals surface area contributed by atoms with E-state index < -0.39 is 0 Å². The van der Waals surface area contributed by atoms with Crippen LogP contribution in [0.25, 0.3) is 10.9 Å². The summed E-state index contributed by atoms with van der Waals surface area (Å²) in [5, 5.41) is 6.47. The fourth-order valence-corrected chi connectivity index (χ4v) is 3.51. The molecular formula is C27H26N4O3. The van der Waals surface area contributed by atoms with E-state index in [1.54, 1.807) is 49.6 Å². The van der Waals surface area contributed by atoms with Gasteiger partial charge in [0, 0.05) is 35.5 Å². The highest BCUT2D eigenvalue weighted by atomic mass is 16.5. The third-order valence-electron chi connectivity index (χ3n) is 5.26. The molecule has 0 aliphatic heterocycles. The van der Waals surface area contributed by atoms with Gasteiger partial charge in [0.25, 0.3) is 5.91 Å². The number of rotatable bonds is 8. The second-order valence-corrected chi connectivity index (χ2v) is 7.82. The molecule has 0 bridgehead atoms. The highest BCUT2D eigenvalue weighted by molar-refractivity contribution is 6.03. The summed E-state index contributed by atoms with van der Waals surface area (Å²) >= 11 is 0. The van der Waals surface area contributed by atoms with Crippen molar-refractivity contribution in [3.8, 4) is 11.5 Å². The van der Waals surface area contributed by atoms with Gasteiger partial charge in [-0.25, -0.2) is 4.98 Å². The van der Waals surface area contributed by atoms with E-state index in [-0.39, 0.29) is 11.8 Å². The van der Waals surface area contributed by atoms with Crippen molar-refractivity contribution in [2.75, 3.05) is 10.6 Å². The topological polar surface area (TPSA) is 93.2 Å². The lowest BCUT2D eigenvalue weighted by atomic mass is 10.1. The molecule has 7 nitrogen and oxygen atoms in total. The van der Waals surface area contributed by atoms with E-state index in [0.717, 1.165) is 29.3 Å². The van der Waals surface area contributed by atoms with Crippen molar-refractivity contribution in [1.29, 1.82) is 0 Å². The number of carbonyl (C=O) groups is 2. The molecule has 4 rings (SSSR count). The van der Waals surface area contributed by atoms with Crippen LogP contribution >= 0.6 is 0 Å². The van der Waals surface area contributed by atoms with E-state index in [0.29, 0.717) is 35.0 Å². The van der Waals surface area contributed by atoms with E-state index in [1.165, 1.54) is 0 Å². The van der Waals surface area contributed by atoms with Crippen LogP contribution in [0.4, 0.5) is 11.5 Å². The number of amides is 2. The second-order valence-electron chi connectivity index (χ2n) is 7.82. The molecule has 0 fully saturated rings. The molecule has 4 aromatic rings. The largest absolute Gasteiger partial charge is 0.457 e. The van der Waals surface area contributed by atoms with Crippen molar-refractivity contribution < 1.29 is 14.3 Å². The second kappa shape index (κ2) is 10.6. The Bertz CT molecular complexity index is 1320. The summed E-state index contributed by atoms with van der Waals surface area (Å²) in [4.78, 5) is 33.0.